The number of carbonyl (C=O) groups is 1. The molecule has 1 aromatic carbocycles. The lowest BCUT2D eigenvalue weighted by molar-refractivity contribution is -0.119. The SMILES string of the molecule is CCC(=O)N1c2ccccc2[C@H](Nc2cccc(C)n2)[C@@H](C)[C@@H]1C1CC1. The van der Waals surface area contributed by atoms with Gasteiger partial charge in [-0.2, -0.15) is 0 Å². The van der Waals surface area contributed by atoms with Crippen LogP contribution >= 0.6 is 0 Å². The summed E-state index contributed by atoms with van der Waals surface area (Å²) >= 11 is 0. The van der Waals surface area contributed by atoms with Crippen LogP contribution in [0.4, 0.5) is 11.5 Å². The largest absolute Gasteiger partial charge is 0.363 e. The highest BCUT2D eigenvalue weighted by Crippen LogP contribution is 2.49. The fraction of sp³-hybridized carbons (Fsp3) is 0.455. The van der Waals surface area contributed by atoms with Crippen LogP contribution < -0.4 is 10.2 Å². The van der Waals surface area contributed by atoms with Crippen molar-refractivity contribution in [2.24, 2.45) is 11.8 Å². The number of para-hydroxylation sites is 1. The molecule has 1 N–H and O–H groups in total. The third kappa shape index (κ3) is 2.98. The summed E-state index contributed by atoms with van der Waals surface area (Å²) in [6.07, 6.45) is 2.99. The second kappa shape index (κ2) is 6.75. The minimum atomic E-state index is 0.159. The molecule has 3 atom stereocenters. The van der Waals surface area contributed by atoms with Crippen molar-refractivity contribution in [2.75, 3.05) is 10.2 Å². The molecule has 1 aliphatic heterocycles. The third-order valence-corrected chi connectivity index (χ3v) is 5.76. The molecule has 2 aromatic rings. The fourth-order valence-corrected chi connectivity index (χ4v) is 4.39. The van der Waals surface area contributed by atoms with Gasteiger partial charge in [0.05, 0.1) is 6.04 Å². The molecule has 4 nitrogen and oxygen atoms in total. The maximum Gasteiger partial charge on any atom is 0.226 e. The van der Waals surface area contributed by atoms with Crippen LogP contribution in [0, 0.1) is 18.8 Å². The molecule has 1 saturated carbocycles. The van der Waals surface area contributed by atoms with E-state index in [9.17, 15) is 4.79 Å². The Hall–Kier alpha value is -2.36. The minimum Gasteiger partial charge on any atom is -0.363 e. The Morgan fingerprint density at radius 3 is 2.65 bits per heavy atom. The van der Waals surface area contributed by atoms with Gasteiger partial charge in [-0.05, 0) is 49.4 Å². The molecule has 1 aromatic heterocycles. The lowest BCUT2D eigenvalue weighted by Crippen LogP contribution is -2.51. The first-order chi connectivity index (χ1) is 12.6. The van der Waals surface area contributed by atoms with Crippen molar-refractivity contribution in [1.29, 1.82) is 0 Å². The van der Waals surface area contributed by atoms with Crippen LogP contribution in [-0.4, -0.2) is 16.9 Å². The molecule has 4 rings (SSSR count). The topological polar surface area (TPSA) is 45.2 Å². The Balaban J connectivity index is 1.77. The number of pyridine rings is 1. The van der Waals surface area contributed by atoms with Crippen molar-refractivity contribution < 1.29 is 4.79 Å². The zero-order chi connectivity index (χ0) is 18.3. The number of fused-ring (bicyclic) bond motifs is 1. The molecule has 0 spiro atoms. The van der Waals surface area contributed by atoms with E-state index in [1.807, 2.05) is 38.1 Å². The number of nitrogens with zero attached hydrogens (tertiary/aromatic N) is 2. The maximum atomic E-state index is 12.8. The van der Waals surface area contributed by atoms with E-state index in [4.69, 9.17) is 0 Å². The smallest absolute Gasteiger partial charge is 0.226 e. The van der Waals surface area contributed by atoms with Crippen LogP contribution in [0.2, 0.25) is 0 Å². The van der Waals surface area contributed by atoms with Gasteiger partial charge in [0.15, 0.2) is 0 Å². The molecule has 0 unspecified atom stereocenters. The van der Waals surface area contributed by atoms with Crippen molar-refractivity contribution in [1.82, 2.24) is 4.98 Å². The predicted molar refractivity (Wildman–Crippen MR) is 105 cm³/mol. The van der Waals surface area contributed by atoms with Crippen molar-refractivity contribution in [2.45, 2.75) is 52.1 Å². The van der Waals surface area contributed by atoms with Gasteiger partial charge in [-0.15, -0.1) is 0 Å². The van der Waals surface area contributed by atoms with Gasteiger partial charge in [0, 0.05) is 29.8 Å². The standard InChI is InChI=1S/C22H27N3O/c1-4-20(26)25-18-10-6-5-9-17(18)21(15(3)22(25)16-12-13-16)24-19-11-7-8-14(2)23-19/h5-11,15-16,21-22H,4,12-13H2,1-3H3,(H,23,24)/t15-,21-,22-/m1/s1. The molecule has 0 radical (unpaired) electrons. The average molecular weight is 349 g/mol. The quantitative estimate of drug-likeness (QED) is 0.869. The number of benzene rings is 1. The van der Waals surface area contributed by atoms with E-state index in [1.165, 1.54) is 18.4 Å². The number of anilines is 2. The summed E-state index contributed by atoms with van der Waals surface area (Å²) in [6.45, 7) is 6.25. The van der Waals surface area contributed by atoms with Gasteiger partial charge in [-0.25, -0.2) is 4.98 Å². The van der Waals surface area contributed by atoms with Gasteiger partial charge in [-0.1, -0.05) is 38.1 Å². The zero-order valence-electron chi connectivity index (χ0n) is 15.8. The molecule has 2 aliphatic rings. The molecule has 0 saturated heterocycles. The number of hydrogen-bond acceptors (Lipinski definition) is 3. The molecule has 1 amide bonds. The van der Waals surface area contributed by atoms with Gasteiger partial charge in [0.2, 0.25) is 5.91 Å². The molecule has 4 heteroatoms. The summed E-state index contributed by atoms with van der Waals surface area (Å²) in [7, 11) is 0. The first-order valence-corrected chi connectivity index (χ1v) is 9.71. The van der Waals surface area contributed by atoms with Gasteiger partial charge in [0.1, 0.15) is 5.82 Å². The number of aromatic nitrogens is 1. The van der Waals surface area contributed by atoms with Crippen molar-refractivity contribution in [3.63, 3.8) is 0 Å². The van der Waals surface area contributed by atoms with Crippen LogP contribution in [0.25, 0.3) is 0 Å². The normalized spacial score (nSPS) is 24.9. The van der Waals surface area contributed by atoms with Crippen molar-refractivity contribution in [3.8, 4) is 0 Å². The molecule has 1 fully saturated rings. The average Bonchev–Trinajstić information content (AvgIpc) is 3.48. The van der Waals surface area contributed by atoms with E-state index in [1.54, 1.807) is 0 Å². The summed E-state index contributed by atoms with van der Waals surface area (Å²) in [4.78, 5) is 19.6. The number of carbonyl (C=O) groups excluding carboxylic acids is 1. The van der Waals surface area contributed by atoms with E-state index in [2.05, 4.69) is 40.3 Å². The minimum absolute atomic E-state index is 0.159. The van der Waals surface area contributed by atoms with Gasteiger partial charge < -0.3 is 10.2 Å². The van der Waals surface area contributed by atoms with Crippen LogP contribution in [0.15, 0.2) is 42.5 Å². The molecular formula is C22H27N3O. The first kappa shape index (κ1) is 17.1. The number of aryl methyl sites for hydroxylation is 1. The Kier molecular flexibility index (Phi) is 4.43. The Bertz CT molecular complexity index is 815. The summed E-state index contributed by atoms with van der Waals surface area (Å²) < 4.78 is 0. The van der Waals surface area contributed by atoms with Gasteiger partial charge in [-0.3, -0.25) is 4.79 Å². The molecule has 1 aliphatic carbocycles. The van der Waals surface area contributed by atoms with Crippen molar-refractivity contribution >= 4 is 17.4 Å². The Labute approximate surface area is 155 Å². The van der Waals surface area contributed by atoms with E-state index in [-0.39, 0.29) is 18.0 Å². The number of rotatable bonds is 4. The molecular weight excluding hydrogens is 322 g/mol. The van der Waals surface area contributed by atoms with Crippen LogP contribution in [0.5, 0.6) is 0 Å². The zero-order valence-corrected chi connectivity index (χ0v) is 15.8. The second-order valence-electron chi connectivity index (χ2n) is 7.65. The summed E-state index contributed by atoms with van der Waals surface area (Å²) in [5.74, 6) is 2.08. The lowest BCUT2D eigenvalue weighted by Gasteiger charge is -2.46. The highest BCUT2D eigenvalue weighted by atomic mass is 16.2. The summed E-state index contributed by atoms with van der Waals surface area (Å²) in [6, 6.07) is 14.9. The van der Waals surface area contributed by atoms with Crippen LogP contribution in [0.1, 0.15) is 50.4 Å². The van der Waals surface area contributed by atoms with E-state index < -0.39 is 0 Å². The van der Waals surface area contributed by atoms with Gasteiger partial charge in [0.25, 0.3) is 0 Å². The molecule has 136 valence electrons. The molecule has 0 bridgehead atoms. The maximum absolute atomic E-state index is 12.8. The van der Waals surface area contributed by atoms with Crippen LogP contribution in [0.3, 0.4) is 0 Å². The fourth-order valence-electron chi connectivity index (χ4n) is 4.39. The highest BCUT2D eigenvalue weighted by Gasteiger charge is 2.47. The second-order valence-corrected chi connectivity index (χ2v) is 7.65. The lowest BCUT2D eigenvalue weighted by atomic mass is 9.80. The van der Waals surface area contributed by atoms with E-state index in [0.29, 0.717) is 18.3 Å². The number of amides is 1. The molecule has 2 heterocycles. The van der Waals surface area contributed by atoms with E-state index in [0.717, 1.165) is 17.2 Å². The predicted octanol–water partition coefficient (Wildman–Crippen LogP) is 4.71. The van der Waals surface area contributed by atoms with Crippen molar-refractivity contribution in [3.05, 3.63) is 53.7 Å². The Morgan fingerprint density at radius 1 is 1.19 bits per heavy atom. The van der Waals surface area contributed by atoms with E-state index >= 15 is 0 Å². The highest BCUT2D eigenvalue weighted by molar-refractivity contribution is 5.95. The summed E-state index contributed by atoms with van der Waals surface area (Å²) in [5, 5.41) is 3.67. The monoisotopic (exact) mass is 349 g/mol. The third-order valence-electron chi connectivity index (χ3n) is 5.76. The first-order valence-electron chi connectivity index (χ1n) is 9.71. The number of hydrogen-bond donors (Lipinski definition) is 1. The molecule has 26 heavy (non-hydrogen) atoms. The number of nitrogens with one attached hydrogen (secondary N) is 1. The summed E-state index contributed by atoms with van der Waals surface area (Å²) in [5.41, 5.74) is 3.27. The van der Waals surface area contributed by atoms with Crippen LogP contribution in [-0.2, 0) is 4.79 Å². The van der Waals surface area contributed by atoms with Gasteiger partial charge >= 0.3 is 0 Å². The Morgan fingerprint density at radius 2 is 1.96 bits per heavy atom.